The Bertz CT molecular complexity index is 1020. The van der Waals surface area contributed by atoms with Crippen LogP contribution in [0.25, 0.3) is 0 Å². The molecule has 2 heterocycles. The summed E-state index contributed by atoms with van der Waals surface area (Å²) < 4.78 is 45.0. The lowest BCUT2D eigenvalue weighted by molar-refractivity contribution is 0.0763. The lowest BCUT2D eigenvalue weighted by Gasteiger charge is -2.22. The average molecular weight is 453 g/mol. The second-order valence-corrected chi connectivity index (χ2v) is 9.09. The van der Waals surface area contributed by atoms with Crippen LogP contribution in [0.2, 0.25) is 0 Å². The Morgan fingerprint density at radius 1 is 1.00 bits per heavy atom. The predicted molar refractivity (Wildman–Crippen MR) is 113 cm³/mol. The fraction of sp³-hybridized carbons (Fsp3) is 0.500. The van der Waals surface area contributed by atoms with Gasteiger partial charge in [-0.3, -0.25) is 4.79 Å². The first-order valence-corrected chi connectivity index (χ1v) is 11.3. The minimum Gasteiger partial charge on any atom is -0.493 e. The average Bonchev–Trinajstić information content (AvgIpc) is 2.96. The molecule has 1 saturated heterocycles. The first-order chi connectivity index (χ1) is 14.7. The molecule has 0 radical (unpaired) electrons. The van der Waals surface area contributed by atoms with Gasteiger partial charge in [-0.05, 0) is 25.5 Å². The van der Waals surface area contributed by atoms with E-state index in [9.17, 15) is 13.2 Å². The minimum absolute atomic E-state index is 0.0249. The molecule has 1 amide bonds. The lowest BCUT2D eigenvalue weighted by Crippen LogP contribution is -2.37. The Kier molecular flexibility index (Phi) is 6.75. The van der Waals surface area contributed by atoms with E-state index in [-0.39, 0.29) is 24.0 Å². The Morgan fingerprint density at radius 2 is 1.65 bits per heavy atom. The Hall–Kier alpha value is -2.79. The summed E-state index contributed by atoms with van der Waals surface area (Å²) in [7, 11) is 2.49. The number of carbonyl (C=O) groups excluding carboxylic acids is 1. The smallest absolute Gasteiger partial charge is 0.262 e. The van der Waals surface area contributed by atoms with Crippen LogP contribution in [0, 0.1) is 6.92 Å². The van der Waals surface area contributed by atoms with Crippen molar-refractivity contribution in [3.8, 4) is 17.2 Å². The molecule has 1 aliphatic rings. The highest BCUT2D eigenvalue weighted by Crippen LogP contribution is 2.38. The fourth-order valence-electron chi connectivity index (χ4n) is 3.51. The van der Waals surface area contributed by atoms with Crippen molar-refractivity contribution in [3.05, 3.63) is 29.7 Å². The molecule has 170 valence electrons. The summed E-state index contributed by atoms with van der Waals surface area (Å²) in [6, 6.07) is 3.19. The fourth-order valence-corrected chi connectivity index (χ4v) is 5.00. The summed E-state index contributed by atoms with van der Waals surface area (Å²) in [6.07, 6.45) is 2.02. The lowest BCUT2D eigenvalue weighted by atomic mass is 10.1. The zero-order valence-corrected chi connectivity index (χ0v) is 19.2. The summed E-state index contributed by atoms with van der Waals surface area (Å²) >= 11 is 0. The number of nitrogens with zero attached hydrogens (tertiary/aromatic N) is 4. The second-order valence-electron chi connectivity index (χ2n) is 7.20. The van der Waals surface area contributed by atoms with Crippen LogP contribution in [-0.2, 0) is 17.1 Å². The third-order valence-corrected chi connectivity index (χ3v) is 7.11. The van der Waals surface area contributed by atoms with Gasteiger partial charge >= 0.3 is 0 Å². The monoisotopic (exact) mass is 452 g/mol. The van der Waals surface area contributed by atoms with Gasteiger partial charge < -0.3 is 23.7 Å². The minimum atomic E-state index is -3.72. The van der Waals surface area contributed by atoms with Gasteiger partial charge in [-0.15, -0.1) is 0 Å². The van der Waals surface area contributed by atoms with Crippen LogP contribution >= 0.6 is 0 Å². The maximum atomic E-state index is 13.2. The standard InChI is InChI=1S/C20H28N4O6S/c1-14-21-18(13-22(14)2)31(26,27)24-8-6-7-23(9-10-24)20(25)15-11-16(28-3)19(30-5)17(12-15)29-4/h11-13H,6-10H2,1-5H3. The van der Waals surface area contributed by atoms with E-state index in [1.807, 2.05) is 0 Å². The third kappa shape index (κ3) is 4.47. The topological polar surface area (TPSA) is 103 Å². The number of aromatic nitrogens is 2. The molecule has 1 aromatic heterocycles. The molecule has 1 fully saturated rings. The first kappa shape index (κ1) is 22.9. The van der Waals surface area contributed by atoms with Crippen molar-refractivity contribution < 1.29 is 27.4 Å². The van der Waals surface area contributed by atoms with Crippen LogP contribution in [0.15, 0.2) is 23.4 Å². The summed E-state index contributed by atoms with van der Waals surface area (Å²) in [5, 5.41) is 0.0249. The highest BCUT2D eigenvalue weighted by atomic mass is 32.2. The van der Waals surface area contributed by atoms with Gasteiger partial charge in [-0.2, -0.15) is 4.31 Å². The van der Waals surface area contributed by atoms with Crippen molar-refractivity contribution in [2.45, 2.75) is 18.4 Å². The van der Waals surface area contributed by atoms with Gasteiger partial charge in [-0.1, -0.05) is 0 Å². The summed E-state index contributed by atoms with van der Waals surface area (Å²) in [6.45, 7) is 2.95. The largest absolute Gasteiger partial charge is 0.493 e. The van der Waals surface area contributed by atoms with Crippen LogP contribution in [0.5, 0.6) is 17.2 Å². The molecule has 0 saturated carbocycles. The number of benzene rings is 1. The quantitative estimate of drug-likeness (QED) is 0.651. The molecule has 3 rings (SSSR count). The number of sulfonamides is 1. The Balaban J connectivity index is 1.80. The Labute approximate surface area is 182 Å². The van der Waals surface area contributed by atoms with E-state index in [1.54, 1.807) is 35.6 Å². The molecule has 10 nitrogen and oxygen atoms in total. The van der Waals surface area contributed by atoms with Gasteiger partial charge in [0.1, 0.15) is 5.82 Å². The SMILES string of the molecule is COc1cc(C(=O)N2CCCN(S(=O)(=O)c3cn(C)c(C)n3)CC2)cc(OC)c1OC. The van der Waals surface area contributed by atoms with Crippen molar-refractivity contribution >= 4 is 15.9 Å². The van der Waals surface area contributed by atoms with Crippen molar-refractivity contribution in [1.82, 2.24) is 18.8 Å². The second kappa shape index (κ2) is 9.15. The highest BCUT2D eigenvalue weighted by Gasteiger charge is 2.31. The predicted octanol–water partition coefficient (Wildman–Crippen LogP) is 1.29. The summed E-state index contributed by atoms with van der Waals surface area (Å²) in [4.78, 5) is 18.9. The normalized spacial score (nSPS) is 15.5. The molecular formula is C20H28N4O6S. The maximum absolute atomic E-state index is 13.2. The van der Waals surface area contributed by atoms with Crippen LogP contribution < -0.4 is 14.2 Å². The van der Waals surface area contributed by atoms with Crippen molar-refractivity contribution in [2.24, 2.45) is 7.05 Å². The van der Waals surface area contributed by atoms with E-state index in [0.29, 0.717) is 48.1 Å². The van der Waals surface area contributed by atoms with Gasteiger partial charge in [0.2, 0.25) is 5.75 Å². The van der Waals surface area contributed by atoms with Crippen molar-refractivity contribution in [1.29, 1.82) is 0 Å². The molecule has 2 aromatic rings. The van der Waals surface area contributed by atoms with Gasteiger partial charge in [0, 0.05) is 45.0 Å². The van der Waals surface area contributed by atoms with E-state index in [1.165, 1.54) is 31.8 Å². The zero-order valence-electron chi connectivity index (χ0n) is 18.4. The van der Waals surface area contributed by atoms with Crippen LogP contribution in [-0.4, -0.2) is 80.6 Å². The molecular weight excluding hydrogens is 424 g/mol. The highest BCUT2D eigenvalue weighted by molar-refractivity contribution is 7.89. The van der Waals surface area contributed by atoms with E-state index in [4.69, 9.17) is 14.2 Å². The Morgan fingerprint density at radius 3 is 2.16 bits per heavy atom. The van der Waals surface area contributed by atoms with Gasteiger partial charge in [-0.25, -0.2) is 13.4 Å². The number of aryl methyl sites for hydroxylation is 2. The summed E-state index contributed by atoms with van der Waals surface area (Å²) in [5.74, 6) is 1.56. The summed E-state index contributed by atoms with van der Waals surface area (Å²) in [5.41, 5.74) is 0.381. The number of carbonyl (C=O) groups is 1. The molecule has 11 heteroatoms. The maximum Gasteiger partial charge on any atom is 0.262 e. The van der Waals surface area contributed by atoms with Gasteiger partial charge in [0.25, 0.3) is 15.9 Å². The number of methoxy groups -OCH3 is 3. The van der Waals surface area contributed by atoms with Crippen LogP contribution in [0.4, 0.5) is 0 Å². The number of rotatable bonds is 6. The molecule has 0 atom stereocenters. The van der Waals surface area contributed by atoms with E-state index < -0.39 is 10.0 Å². The van der Waals surface area contributed by atoms with E-state index in [0.717, 1.165) is 0 Å². The molecule has 0 bridgehead atoms. The molecule has 1 aromatic carbocycles. The van der Waals surface area contributed by atoms with Crippen molar-refractivity contribution in [2.75, 3.05) is 47.5 Å². The first-order valence-electron chi connectivity index (χ1n) is 9.82. The molecule has 31 heavy (non-hydrogen) atoms. The number of hydrogen-bond acceptors (Lipinski definition) is 7. The van der Waals surface area contributed by atoms with Crippen LogP contribution in [0.3, 0.4) is 0 Å². The van der Waals surface area contributed by atoms with Gasteiger partial charge in [0.15, 0.2) is 16.5 Å². The van der Waals surface area contributed by atoms with Crippen LogP contribution in [0.1, 0.15) is 22.6 Å². The molecule has 0 N–H and O–H groups in total. The number of hydrogen-bond donors (Lipinski definition) is 0. The third-order valence-electron chi connectivity index (χ3n) is 5.34. The molecule has 0 spiro atoms. The number of imidazole rings is 1. The van der Waals surface area contributed by atoms with Crippen molar-refractivity contribution in [3.63, 3.8) is 0 Å². The zero-order chi connectivity index (χ0) is 22.8. The molecule has 1 aliphatic heterocycles. The van der Waals surface area contributed by atoms with E-state index in [2.05, 4.69) is 4.98 Å². The van der Waals surface area contributed by atoms with E-state index >= 15 is 0 Å². The molecule has 0 aliphatic carbocycles. The number of ether oxygens (including phenoxy) is 3. The molecule has 0 unspecified atom stereocenters. The number of amides is 1. The van der Waals surface area contributed by atoms with Gasteiger partial charge in [0.05, 0.1) is 21.3 Å².